The zero-order valence-electron chi connectivity index (χ0n) is 10.1. The molecule has 0 fully saturated rings. The van der Waals surface area contributed by atoms with Crippen molar-refractivity contribution < 1.29 is 4.74 Å². The lowest BCUT2D eigenvalue weighted by Gasteiger charge is -2.06. The molecule has 0 atom stereocenters. The van der Waals surface area contributed by atoms with Gasteiger partial charge in [0.15, 0.2) is 0 Å². The minimum atomic E-state index is 0.846. The lowest BCUT2D eigenvalue weighted by Crippen LogP contribution is -1.97. The largest absolute Gasteiger partial charge is 0.494 e. The van der Waals surface area contributed by atoms with Crippen LogP contribution in [0.1, 0.15) is 38.5 Å². The average Bonchev–Trinajstić information content (AvgIpc) is 2.35. The van der Waals surface area contributed by atoms with Crippen LogP contribution in [0.4, 0.5) is 0 Å². The number of ether oxygens (including phenoxy) is 1. The maximum Gasteiger partial charge on any atom is 0.119 e. The lowest BCUT2D eigenvalue weighted by atomic mass is 10.1. The van der Waals surface area contributed by atoms with E-state index in [1.807, 2.05) is 12.1 Å². The number of unbranched alkanes of at least 4 members (excludes halogenated alkanes) is 5. The normalized spacial score (nSPS) is 10.5. The first-order valence-electron chi connectivity index (χ1n) is 6.27. The van der Waals surface area contributed by atoms with E-state index in [1.165, 1.54) is 42.1 Å². The van der Waals surface area contributed by atoms with Gasteiger partial charge >= 0.3 is 0 Å². The maximum absolute atomic E-state index is 5.68. The van der Waals surface area contributed by atoms with E-state index in [0.29, 0.717) is 0 Å². The first-order valence-corrected chi connectivity index (χ1v) is 8.47. The van der Waals surface area contributed by atoms with Crippen molar-refractivity contribution in [2.24, 2.45) is 0 Å². The summed E-state index contributed by atoms with van der Waals surface area (Å²) in [6.45, 7) is 0.846. The SMILES string of the molecule is BrCCCCCCCCOc1ccc(I)cc1. The molecule has 0 aliphatic carbocycles. The van der Waals surface area contributed by atoms with Crippen molar-refractivity contribution in [2.45, 2.75) is 38.5 Å². The Labute approximate surface area is 127 Å². The molecule has 0 heterocycles. The van der Waals surface area contributed by atoms with Crippen LogP contribution >= 0.6 is 38.5 Å². The third-order valence-corrected chi connectivity index (χ3v) is 3.89. The molecule has 0 bridgehead atoms. The molecule has 3 heteroatoms. The number of hydrogen-bond acceptors (Lipinski definition) is 1. The molecule has 0 radical (unpaired) electrons. The molecule has 0 saturated heterocycles. The number of benzene rings is 1. The van der Waals surface area contributed by atoms with Crippen molar-refractivity contribution in [3.8, 4) is 5.75 Å². The molecule has 0 aliphatic heterocycles. The van der Waals surface area contributed by atoms with Gasteiger partial charge in [0, 0.05) is 8.90 Å². The summed E-state index contributed by atoms with van der Waals surface area (Å²) in [5.74, 6) is 0.990. The summed E-state index contributed by atoms with van der Waals surface area (Å²) < 4.78 is 6.93. The van der Waals surface area contributed by atoms with Crippen LogP contribution in [0.25, 0.3) is 0 Å². The second kappa shape index (κ2) is 10.2. The van der Waals surface area contributed by atoms with Gasteiger partial charge in [-0.15, -0.1) is 0 Å². The van der Waals surface area contributed by atoms with E-state index in [0.717, 1.165) is 17.7 Å². The summed E-state index contributed by atoms with van der Waals surface area (Å²) in [4.78, 5) is 0. The van der Waals surface area contributed by atoms with Gasteiger partial charge in [-0.05, 0) is 59.7 Å². The van der Waals surface area contributed by atoms with Crippen molar-refractivity contribution in [2.75, 3.05) is 11.9 Å². The second-order valence-corrected chi connectivity index (χ2v) is 6.15. The number of rotatable bonds is 9. The molecule has 0 amide bonds. The molecular formula is C14H20BrIO. The van der Waals surface area contributed by atoms with E-state index in [9.17, 15) is 0 Å². The monoisotopic (exact) mass is 410 g/mol. The molecule has 1 aromatic carbocycles. The molecular weight excluding hydrogens is 391 g/mol. The van der Waals surface area contributed by atoms with Gasteiger partial charge in [0.1, 0.15) is 5.75 Å². The van der Waals surface area contributed by atoms with Crippen LogP contribution < -0.4 is 4.74 Å². The van der Waals surface area contributed by atoms with E-state index in [1.54, 1.807) is 0 Å². The minimum absolute atomic E-state index is 0.846. The summed E-state index contributed by atoms with van der Waals surface area (Å²) in [7, 11) is 0. The molecule has 0 aliphatic rings. The highest BCUT2D eigenvalue weighted by molar-refractivity contribution is 14.1. The zero-order chi connectivity index (χ0) is 12.3. The molecule has 0 N–H and O–H groups in total. The molecule has 1 nitrogen and oxygen atoms in total. The summed E-state index contributed by atoms with van der Waals surface area (Å²) in [5.41, 5.74) is 0. The Bertz CT molecular complexity index is 287. The van der Waals surface area contributed by atoms with Crippen LogP contribution in [-0.4, -0.2) is 11.9 Å². The van der Waals surface area contributed by atoms with E-state index in [-0.39, 0.29) is 0 Å². The molecule has 0 aromatic heterocycles. The van der Waals surface area contributed by atoms with Gasteiger partial charge in [0.05, 0.1) is 6.61 Å². The summed E-state index contributed by atoms with van der Waals surface area (Å²) in [5, 5.41) is 1.14. The highest BCUT2D eigenvalue weighted by Crippen LogP contribution is 2.14. The predicted octanol–water partition coefficient (Wildman–Crippen LogP) is 5.41. The molecule has 17 heavy (non-hydrogen) atoms. The summed E-state index contributed by atoms with van der Waals surface area (Å²) >= 11 is 5.76. The Kier molecular flexibility index (Phi) is 9.16. The Morgan fingerprint density at radius 2 is 1.47 bits per heavy atom. The fourth-order valence-corrected chi connectivity index (χ4v) is 2.38. The number of alkyl halides is 1. The minimum Gasteiger partial charge on any atom is -0.494 e. The summed E-state index contributed by atoms with van der Waals surface area (Å²) in [6, 6.07) is 8.24. The maximum atomic E-state index is 5.68. The van der Waals surface area contributed by atoms with Crippen molar-refractivity contribution >= 4 is 38.5 Å². The third-order valence-electron chi connectivity index (χ3n) is 2.61. The van der Waals surface area contributed by atoms with Gasteiger partial charge in [-0.25, -0.2) is 0 Å². The zero-order valence-corrected chi connectivity index (χ0v) is 13.9. The quantitative estimate of drug-likeness (QED) is 0.300. The first-order chi connectivity index (χ1) is 8.33. The Morgan fingerprint density at radius 1 is 0.882 bits per heavy atom. The van der Waals surface area contributed by atoms with Gasteiger partial charge in [0.25, 0.3) is 0 Å². The van der Waals surface area contributed by atoms with Crippen LogP contribution in [0.3, 0.4) is 0 Å². The van der Waals surface area contributed by atoms with Crippen LogP contribution in [0.2, 0.25) is 0 Å². The van der Waals surface area contributed by atoms with Gasteiger partial charge < -0.3 is 4.74 Å². The van der Waals surface area contributed by atoms with Gasteiger partial charge in [-0.3, -0.25) is 0 Å². The number of halogens is 2. The van der Waals surface area contributed by atoms with Crippen LogP contribution in [0.5, 0.6) is 5.75 Å². The molecule has 1 aromatic rings. The van der Waals surface area contributed by atoms with Gasteiger partial charge in [0.2, 0.25) is 0 Å². The van der Waals surface area contributed by atoms with Crippen molar-refractivity contribution in [1.29, 1.82) is 0 Å². The fraction of sp³-hybridized carbons (Fsp3) is 0.571. The fourth-order valence-electron chi connectivity index (χ4n) is 1.62. The third kappa shape index (κ3) is 8.03. The summed E-state index contributed by atoms with van der Waals surface area (Å²) in [6.07, 6.45) is 7.80. The Morgan fingerprint density at radius 3 is 2.12 bits per heavy atom. The van der Waals surface area contributed by atoms with Gasteiger partial charge in [-0.2, -0.15) is 0 Å². The first kappa shape index (κ1) is 15.3. The molecule has 1 rings (SSSR count). The van der Waals surface area contributed by atoms with Crippen molar-refractivity contribution in [3.05, 3.63) is 27.8 Å². The van der Waals surface area contributed by atoms with E-state index < -0.39 is 0 Å². The average molecular weight is 411 g/mol. The van der Waals surface area contributed by atoms with Gasteiger partial charge in [-0.1, -0.05) is 41.6 Å². The molecule has 0 saturated carbocycles. The molecule has 96 valence electrons. The Balaban J connectivity index is 1.95. The van der Waals surface area contributed by atoms with Crippen LogP contribution in [-0.2, 0) is 0 Å². The van der Waals surface area contributed by atoms with Crippen molar-refractivity contribution in [3.63, 3.8) is 0 Å². The van der Waals surface area contributed by atoms with E-state index in [2.05, 4.69) is 50.7 Å². The topological polar surface area (TPSA) is 9.23 Å². The molecule has 0 unspecified atom stereocenters. The standard InChI is InChI=1S/C14H20BrIO/c15-11-5-3-1-2-4-6-12-17-14-9-7-13(16)8-10-14/h7-10H,1-6,11-12H2. The Hall–Kier alpha value is 0.230. The molecule has 0 spiro atoms. The van der Waals surface area contributed by atoms with E-state index in [4.69, 9.17) is 4.74 Å². The number of hydrogen-bond donors (Lipinski definition) is 0. The van der Waals surface area contributed by atoms with Crippen LogP contribution in [0.15, 0.2) is 24.3 Å². The van der Waals surface area contributed by atoms with Crippen molar-refractivity contribution in [1.82, 2.24) is 0 Å². The predicted molar refractivity (Wildman–Crippen MR) is 86.2 cm³/mol. The van der Waals surface area contributed by atoms with E-state index >= 15 is 0 Å². The highest BCUT2D eigenvalue weighted by Gasteiger charge is 1.94. The van der Waals surface area contributed by atoms with Crippen LogP contribution in [0, 0.1) is 3.57 Å². The highest BCUT2D eigenvalue weighted by atomic mass is 127. The second-order valence-electron chi connectivity index (χ2n) is 4.11. The smallest absolute Gasteiger partial charge is 0.119 e. The lowest BCUT2D eigenvalue weighted by molar-refractivity contribution is 0.304.